The Morgan fingerprint density at radius 2 is 1.67 bits per heavy atom. The molecule has 24 heavy (non-hydrogen) atoms. The van der Waals surface area contributed by atoms with Crippen LogP contribution in [0.15, 0.2) is 4.99 Å². The molecule has 0 heterocycles. The van der Waals surface area contributed by atoms with Crippen LogP contribution in [-0.4, -0.2) is 28.6 Å². The summed E-state index contributed by atoms with van der Waals surface area (Å²) < 4.78 is 0. The Labute approximate surface area is 152 Å². The van der Waals surface area contributed by atoms with E-state index in [1.54, 1.807) is 0 Å². The number of isothiocyanates is 1. The lowest BCUT2D eigenvalue weighted by Crippen LogP contribution is -2.22. The molecule has 0 aliphatic carbocycles. The third-order valence-corrected chi connectivity index (χ3v) is 4.60. The summed E-state index contributed by atoms with van der Waals surface area (Å²) in [5.74, 6) is -1.46. The first-order valence-corrected chi connectivity index (χ1v) is 9.72. The average molecular weight is 356 g/mol. The number of nitrogens with zero attached hydrogens (tertiary/aromatic N) is 1. The summed E-state index contributed by atoms with van der Waals surface area (Å²) in [5.41, 5.74) is 0. The third kappa shape index (κ3) is 12.4. The zero-order valence-electron chi connectivity index (χ0n) is 15.3. The number of hydrogen-bond donors (Lipinski definition) is 1. The fraction of sp³-hybridized carbons (Fsp3) is 0.842. The van der Waals surface area contributed by atoms with E-state index in [9.17, 15) is 14.7 Å². The maximum Gasteiger partial charge on any atom is 0.306 e. The number of carboxylic acids is 1. The minimum atomic E-state index is -0.891. The van der Waals surface area contributed by atoms with Crippen LogP contribution in [0.5, 0.6) is 0 Å². The van der Waals surface area contributed by atoms with Crippen LogP contribution in [0.2, 0.25) is 0 Å². The molecule has 138 valence electrons. The minimum absolute atomic E-state index is 0.0403. The number of carbonyl (C=O) groups is 2. The third-order valence-electron chi connectivity index (χ3n) is 4.47. The molecule has 0 amide bonds. The number of Topliss-reactive ketones (excluding diaryl/α,β-unsaturated/α-hetero) is 1. The van der Waals surface area contributed by atoms with E-state index in [1.807, 2.05) is 6.92 Å². The molecule has 0 radical (unpaired) electrons. The highest BCUT2D eigenvalue weighted by Gasteiger charge is 2.23. The van der Waals surface area contributed by atoms with Gasteiger partial charge in [0.15, 0.2) is 0 Å². The van der Waals surface area contributed by atoms with Crippen LogP contribution in [0, 0.1) is 11.8 Å². The van der Waals surface area contributed by atoms with Crippen LogP contribution >= 0.6 is 12.2 Å². The molecule has 4 nitrogen and oxygen atoms in total. The number of carboxylic acid groups (broad SMARTS) is 1. The molecule has 0 aliphatic heterocycles. The summed E-state index contributed by atoms with van der Waals surface area (Å²) in [6.45, 7) is 4.62. The van der Waals surface area contributed by atoms with Gasteiger partial charge in [-0.2, -0.15) is 0 Å². The molecular formula is C19H33NO3S. The van der Waals surface area contributed by atoms with E-state index >= 15 is 0 Å². The summed E-state index contributed by atoms with van der Waals surface area (Å²) in [6.07, 6.45) is 10.7. The van der Waals surface area contributed by atoms with Crippen LogP contribution < -0.4 is 0 Å². The normalized spacial score (nSPS) is 13.1. The maximum atomic E-state index is 12.2. The van der Waals surface area contributed by atoms with Crippen molar-refractivity contribution in [2.24, 2.45) is 16.8 Å². The summed E-state index contributed by atoms with van der Waals surface area (Å²) >= 11 is 4.48. The standard InChI is InChI=1S/C19H33NO3S/c1-3-4-5-6-7-8-9-11-16(2)18(21)14-17(19(22)23)12-10-13-20-15-24/h16-17H,3-14H2,1-2H3,(H,22,23). The van der Waals surface area contributed by atoms with Crippen LogP contribution in [0.25, 0.3) is 0 Å². The molecule has 1 N–H and O–H groups in total. The largest absolute Gasteiger partial charge is 0.481 e. The van der Waals surface area contributed by atoms with Crippen molar-refractivity contribution in [2.75, 3.05) is 6.54 Å². The predicted octanol–water partition coefficient (Wildman–Crippen LogP) is 5.31. The van der Waals surface area contributed by atoms with Crippen molar-refractivity contribution in [3.63, 3.8) is 0 Å². The van der Waals surface area contributed by atoms with Crippen molar-refractivity contribution in [3.05, 3.63) is 0 Å². The van der Waals surface area contributed by atoms with Crippen molar-refractivity contribution in [1.82, 2.24) is 0 Å². The molecule has 0 aliphatic rings. The molecule has 2 unspecified atom stereocenters. The van der Waals surface area contributed by atoms with Crippen molar-refractivity contribution >= 4 is 29.1 Å². The van der Waals surface area contributed by atoms with Crippen LogP contribution in [-0.2, 0) is 9.59 Å². The summed E-state index contributed by atoms with van der Waals surface area (Å²) in [5, 5.41) is 11.5. The number of ketones is 1. The van der Waals surface area contributed by atoms with Crippen molar-refractivity contribution in [3.8, 4) is 0 Å². The quantitative estimate of drug-likeness (QED) is 0.231. The first-order chi connectivity index (χ1) is 11.5. The topological polar surface area (TPSA) is 66.7 Å². The van der Waals surface area contributed by atoms with Crippen molar-refractivity contribution in [2.45, 2.75) is 84.5 Å². The Bertz CT molecular complexity index is 405. The minimum Gasteiger partial charge on any atom is -0.481 e. The molecule has 5 heteroatoms. The van der Waals surface area contributed by atoms with Gasteiger partial charge in [-0.05, 0) is 31.5 Å². The van der Waals surface area contributed by atoms with Crippen LogP contribution in [0.4, 0.5) is 0 Å². The zero-order valence-corrected chi connectivity index (χ0v) is 16.1. The zero-order chi connectivity index (χ0) is 18.2. The second kappa shape index (κ2) is 15.5. The molecule has 0 fully saturated rings. The van der Waals surface area contributed by atoms with E-state index in [-0.39, 0.29) is 18.1 Å². The Morgan fingerprint density at radius 1 is 1.04 bits per heavy atom. The molecule has 0 spiro atoms. The number of hydrogen-bond acceptors (Lipinski definition) is 4. The smallest absolute Gasteiger partial charge is 0.306 e. The van der Waals surface area contributed by atoms with Gasteiger partial charge in [0.05, 0.1) is 11.1 Å². The molecule has 0 saturated carbocycles. The summed E-state index contributed by atoms with van der Waals surface area (Å²) in [4.78, 5) is 27.3. The van der Waals surface area contributed by atoms with Gasteiger partial charge in [-0.25, -0.2) is 4.99 Å². The maximum absolute atomic E-state index is 12.2. The molecule has 2 atom stereocenters. The number of carbonyl (C=O) groups excluding carboxylic acids is 1. The van der Waals surface area contributed by atoms with E-state index in [1.165, 1.54) is 38.5 Å². The number of unbranched alkanes of at least 4 members (excludes halogenated alkanes) is 6. The van der Waals surface area contributed by atoms with Gasteiger partial charge >= 0.3 is 5.97 Å². The molecule has 0 rings (SSSR count). The molecular weight excluding hydrogens is 322 g/mol. The first-order valence-electron chi connectivity index (χ1n) is 9.32. The Kier molecular flexibility index (Phi) is 14.8. The second-order valence-corrected chi connectivity index (χ2v) is 6.81. The Balaban J connectivity index is 3.98. The lowest BCUT2D eigenvalue weighted by Gasteiger charge is -2.15. The number of rotatable bonds is 16. The molecule has 0 aromatic carbocycles. The van der Waals surface area contributed by atoms with E-state index in [2.05, 4.69) is 29.3 Å². The fourth-order valence-corrected chi connectivity index (χ4v) is 2.88. The average Bonchev–Trinajstić information content (AvgIpc) is 2.56. The molecule has 0 bridgehead atoms. The van der Waals surface area contributed by atoms with E-state index in [0.29, 0.717) is 19.4 Å². The van der Waals surface area contributed by atoms with Gasteiger partial charge in [0.25, 0.3) is 0 Å². The van der Waals surface area contributed by atoms with Gasteiger partial charge in [0.2, 0.25) is 0 Å². The Morgan fingerprint density at radius 3 is 2.25 bits per heavy atom. The first kappa shape index (κ1) is 22.9. The number of aliphatic imine (C=N–C) groups is 1. The van der Waals surface area contributed by atoms with Gasteiger partial charge in [-0.15, -0.1) is 0 Å². The van der Waals surface area contributed by atoms with E-state index < -0.39 is 11.9 Å². The van der Waals surface area contributed by atoms with Gasteiger partial charge in [-0.1, -0.05) is 58.8 Å². The van der Waals surface area contributed by atoms with Gasteiger partial charge in [-0.3, -0.25) is 9.59 Å². The second-order valence-electron chi connectivity index (χ2n) is 6.63. The van der Waals surface area contributed by atoms with Gasteiger partial charge in [0.1, 0.15) is 5.78 Å². The predicted molar refractivity (Wildman–Crippen MR) is 102 cm³/mol. The van der Waals surface area contributed by atoms with Crippen LogP contribution in [0.3, 0.4) is 0 Å². The van der Waals surface area contributed by atoms with E-state index in [4.69, 9.17) is 0 Å². The highest BCUT2D eigenvalue weighted by molar-refractivity contribution is 7.78. The van der Waals surface area contributed by atoms with Crippen LogP contribution in [0.1, 0.15) is 84.5 Å². The van der Waals surface area contributed by atoms with Crippen molar-refractivity contribution in [1.29, 1.82) is 0 Å². The highest BCUT2D eigenvalue weighted by Crippen LogP contribution is 2.19. The molecule has 0 aromatic heterocycles. The summed E-state index contributed by atoms with van der Waals surface area (Å²) in [6, 6.07) is 0. The van der Waals surface area contributed by atoms with Gasteiger partial charge in [0, 0.05) is 18.9 Å². The van der Waals surface area contributed by atoms with Gasteiger partial charge < -0.3 is 5.11 Å². The van der Waals surface area contributed by atoms with E-state index in [0.717, 1.165) is 12.8 Å². The SMILES string of the molecule is CCCCCCCCCC(C)C(=O)CC(CCCN=C=S)C(=O)O. The number of aliphatic carboxylic acids is 1. The highest BCUT2D eigenvalue weighted by atomic mass is 32.1. The van der Waals surface area contributed by atoms with Crippen molar-refractivity contribution < 1.29 is 14.7 Å². The summed E-state index contributed by atoms with van der Waals surface area (Å²) in [7, 11) is 0. The monoisotopic (exact) mass is 355 g/mol. The molecule has 0 aromatic rings. The Hall–Kier alpha value is -1.06. The molecule has 0 saturated heterocycles. The lowest BCUT2D eigenvalue weighted by atomic mass is 9.89. The lowest BCUT2D eigenvalue weighted by molar-refractivity contribution is -0.144. The number of thiocarbonyl (C=S) groups is 1. The fourth-order valence-electron chi connectivity index (χ4n) is 2.79.